The smallest absolute Gasteiger partial charge is 0.0583 e. The van der Waals surface area contributed by atoms with Crippen molar-refractivity contribution in [2.75, 3.05) is 19.6 Å². The van der Waals surface area contributed by atoms with Crippen molar-refractivity contribution in [3.8, 4) is 0 Å². The van der Waals surface area contributed by atoms with Gasteiger partial charge in [0.25, 0.3) is 0 Å². The maximum absolute atomic E-state index is 10.1. The Kier molecular flexibility index (Phi) is 4.16. The molecule has 1 aliphatic carbocycles. The number of piperazine rings is 1. The summed E-state index contributed by atoms with van der Waals surface area (Å²) < 4.78 is 0. The molecule has 1 aromatic carbocycles. The van der Waals surface area contributed by atoms with E-state index < -0.39 is 0 Å². The maximum Gasteiger partial charge on any atom is 0.0583 e. The number of benzene rings is 1. The topological polar surface area (TPSA) is 35.5 Å². The fourth-order valence-corrected chi connectivity index (χ4v) is 3.00. The van der Waals surface area contributed by atoms with Gasteiger partial charge in [0.15, 0.2) is 0 Å². The van der Waals surface area contributed by atoms with Crippen molar-refractivity contribution in [1.82, 2.24) is 10.2 Å². The number of nitrogens with one attached hydrogen (secondary N) is 1. The molecule has 104 valence electrons. The number of rotatable bonds is 5. The molecule has 3 rings (SSSR count). The predicted molar refractivity (Wildman–Crippen MR) is 76.9 cm³/mol. The van der Waals surface area contributed by atoms with Crippen molar-refractivity contribution < 1.29 is 5.11 Å². The molecule has 1 saturated heterocycles. The number of aliphatic hydroxyl groups excluding tert-OH is 1. The average Bonchev–Trinajstić information content (AvgIpc) is 3.24. The summed E-state index contributed by atoms with van der Waals surface area (Å²) in [5, 5.41) is 13.6. The molecule has 1 saturated carbocycles. The van der Waals surface area contributed by atoms with Crippen LogP contribution in [0, 0.1) is 5.92 Å². The molecule has 0 spiro atoms. The Hall–Kier alpha value is -0.900. The molecule has 0 radical (unpaired) electrons. The van der Waals surface area contributed by atoms with Gasteiger partial charge in [-0.05, 0) is 30.7 Å². The molecular weight excluding hydrogens is 236 g/mol. The molecule has 2 aliphatic rings. The molecule has 0 bridgehead atoms. The summed E-state index contributed by atoms with van der Waals surface area (Å²) >= 11 is 0. The highest BCUT2D eigenvalue weighted by molar-refractivity contribution is 5.14. The summed E-state index contributed by atoms with van der Waals surface area (Å²) in [6.07, 6.45) is 3.27. The zero-order valence-electron chi connectivity index (χ0n) is 11.5. The first kappa shape index (κ1) is 13.1. The number of nitrogens with zero attached hydrogens (tertiary/aromatic N) is 1. The minimum absolute atomic E-state index is 0.0887. The molecule has 2 fully saturated rings. The number of hydrogen-bond acceptors (Lipinski definition) is 3. The summed E-state index contributed by atoms with van der Waals surface area (Å²) in [5.41, 5.74) is 1.38. The van der Waals surface area contributed by atoms with Crippen LogP contribution >= 0.6 is 0 Å². The van der Waals surface area contributed by atoms with Crippen LogP contribution in [-0.4, -0.2) is 41.8 Å². The molecule has 1 aliphatic heterocycles. The summed E-state index contributed by atoms with van der Waals surface area (Å²) in [4.78, 5) is 2.50. The third-order valence-corrected chi connectivity index (χ3v) is 4.28. The van der Waals surface area contributed by atoms with Crippen LogP contribution in [0.3, 0.4) is 0 Å². The monoisotopic (exact) mass is 260 g/mol. The summed E-state index contributed by atoms with van der Waals surface area (Å²) in [6, 6.07) is 11.1. The van der Waals surface area contributed by atoms with E-state index in [9.17, 15) is 5.11 Å². The van der Waals surface area contributed by atoms with Gasteiger partial charge in [0.05, 0.1) is 6.10 Å². The van der Waals surface area contributed by atoms with E-state index >= 15 is 0 Å². The van der Waals surface area contributed by atoms with Crippen molar-refractivity contribution in [2.24, 2.45) is 5.92 Å². The van der Waals surface area contributed by atoms with Crippen LogP contribution in [0.15, 0.2) is 30.3 Å². The van der Waals surface area contributed by atoms with Crippen LogP contribution in [-0.2, 0) is 6.54 Å². The summed E-state index contributed by atoms with van der Waals surface area (Å²) in [6.45, 7) is 4.22. The van der Waals surface area contributed by atoms with E-state index in [2.05, 4.69) is 40.5 Å². The van der Waals surface area contributed by atoms with E-state index in [-0.39, 0.29) is 6.10 Å². The van der Waals surface area contributed by atoms with Crippen molar-refractivity contribution in [2.45, 2.75) is 38.0 Å². The van der Waals surface area contributed by atoms with Gasteiger partial charge in [-0.25, -0.2) is 0 Å². The largest absolute Gasteiger partial charge is 0.393 e. The molecule has 0 amide bonds. The van der Waals surface area contributed by atoms with Gasteiger partial charge in [0.1, 0.15) is 0 Å². The van der Waals surface area contributed by atoms with Gasteiger partial charge in [-0.15, -0.1) is 0 Å². The van der Waals surface area contributed by atoms with Gasteiger partial charge in [-0.3, -0.25) is 4.90 Å². The van der Waals surface area contributed by atoms with Crippen LogP contribution in [0.4, 0.5) is 0 Å². The van der Waals surface area contributed by atoms with Crippen LogP contribution in [0.1, 0.15) is 24.8 Å². The Morgan fingerprint density at radius 1 is 1.26 bits per heavy atom. The van der Waals surface area contributed by atoms with E-state index in [4.69, 9.17) is 0 Å². The third-order valence-electron chi connectivity index (χ3n) is 4.28. The minimum atomic E-state index is -0.0887. The second-order valence-corrected chi connectivity index (χ2v) is 6.01. The molecule has 19 heavy (non-hydrogen) atoms. The zero-order chi connectivity index (χ0) is 13.1. The van der Waals surface area contributed by atoms with E-state index in [1.165, 1.54) is 18.4 Å². The second-order valence-electron chi connectivity index (χ2n) is 6.01. The average molecular weight is 260 g/mol. The molecule has 2 N–H and O–H groups in total. The lowest BCUT2D eigenvalue weighted by Crippen LogP contribution is -2.51. The van der Waals surface area contributed by atoms with Gasteiger partial charge >= 0.3 is 0 Å². The first-order valence-corrected chi connectivity index (χ1v) is 7.49. The summed E-state index contributed by atoms with van der Waals surface area (Å²) in [5.74, 6) is 0.589. The van der Waals surface area contributed by atoms with E-state index in [0.717, 1.165) is 32.6 Å². The molecule has 3 heteroatoms. The van der Waals surface area contributed by atoms with Gasteiger partial charge in [0.2, 0.25) is 0 Å². The van der Waals surface area contributed by atoms with Gasteiger partial charge in [-0.2, -0.15) is 0 Å². The normalized spacial score (nSPS) is 26.3. The van der Waals surface area contributed by atoms with Crippen LogP contribution < -0.4 is 5.32 Å². The van der Waals surface area contributed by atoms with E-state index in [0.29, 0.717) is 12.0 Å². The summed E-state index contributed by atoms with van der Waals surface area (Å²) in [7, 11) is 0. The molecule has 1 heterocycles. The molecule has 1 unspecified atom stereocenters. The lowest BCUT2D eigenvalue weighted by atomic mass is 10.0. The highest BCUT2D eigenvalue weighted by atomic mass is 16.3. The highest BCUT2D eigenvalue weighted by Gasteiger charge is 2.32. The maximum atomic E-state index is 10.1. The van der Waals surface area contributed by atoms with Crippen molar-refractivity contribution in [1.29, 1.82) is 0 Å². The van der Waals surface area contributed by atoms with Crippen LogP contribution in [0.5, 0.6) is 0 Å². The number of aliphatic hydroxyl groups is 1. The van der Waals surface area contributed by atoms with E-state index in [1.54, 1.807) is 0 Å². The zero-order valence-corrected chi connectivity index (χ0v) is 11.5. The molecular formula is C16H24N2O. The SMILES string of the molecule is OC(C[C@@H]1CN(Cc2ccccc2)CCN1)C1CC1. The van der Waals surface area contributed by atoms with Crippen molar-refractivity contribution in [3.05, 3.63) is 35.9 Å². The van der Waals surface area contributed by atoms with Crippen molar-refractivity contribution >= 4 is 0 Å². The molecule has 3 nitrogen and oxygen atoms in total. The Morgan fingerprint density at radius 3 is 2.79 bits per heavy atom. The van der Waals surface area contributed by atoms with Crippen LogP contribution in [0.2, 0.25) is 0 Å². The predicted octanol–water partition coefficient (Wildman–Crippen LogP) is 1.62. The fourth-order valence-electron chi connectivity index (χ4n) is 3.00. The highest BCUT2D eigenvalue weighted by Crippen LogP contribution is 2.34. The second kappa shape index (κ2) is 6.04. The standard InChI is InChI=1S/C16H24N2O/c19-16(14-6-7-14)10-15-12-18(9-8-17-15)11-13-4-2-1-3-5-13/h1-5,14-17,19H,6-12H2/t15-,16?/m1/s1. The van der Waals surface area contributed by atoms with E-state index in [1.807, 2.05) is 0 Å². The lowest BCUT2D eigenvalue weighted by molar-refractivity contribution is 0.102. The third kappa shape index (κ3) is 3.78. The number of hydrogen-bond donors (Lipinski definition) is 2. The molecule has 2 atom stereocenters. The van der Waals surface area contributed by atoms with Gasteiger partial charge in [-0.1, -0.05) is 30.3 Å². The van der Waals surface area contributed by atoms with Crippen LogP contribution in [0.25, 0.3) is 0 Å². The van der Waals surface area contributed by atoms with Gasteiger partial charge in [0, 0.05) is 32.2 Å². The minimum Gasteiger partial charge on any atom is -0.393 e. The lowest BCUT2D eigenvalue weighted by Gasteiger charge is -2.34. The fraction of sp³-hybridized carbons (Fsp3) is 0.625. The first-order valence-electron chi connectivity index (χ1n) is 7.49. The molecule has 0 aromatic heterocycles. The Morgan fingerprint density at radius 2 is 2.05 bits per heavy atom. The Labute approximate surface area is 115 Å². The van der Waals surface area contributed by atoms with Gasteiger partial charge < -0.3 is 10.4 Å². The van der Waals surface area contributed by atoms with Crippen molar-refractivity contribution in [3.63, 3.8) is 0 Å². The molecule has 1 aromatic rings. The Bertz CT molecular complexity index is 391. The first-order chi connectivity index (χ1) is 9.31. The quantitative estimate of drug-likeness (QED) is 0.844. The Balaban J connectivity index is 1.50.